The predicted octanol–water partition coefficient (Wildman–Crippen LogP) is 2.63. The van der Waals surface area contributed by atoms with Gasteiger partial charge in [-0.3, -0.25) is 9.69 Å². The van der Waals surface area contributed by atoms with Crippen LogP contribution in [0.15, 0.2) is 40.6 Å². The van der Waals surface area contributed by atoms with E-state index in [1.165, 1.54) is 4.31 Å². The number of urea groups is 1. The van der Waals surface area contributed by atoms with E-state index >= 15 is 0 Å². The van der Waals surface area contributed by atoms with Crippen LogP contribution in [0.25, 0.3) is 0 Å². The fraction of sp³-hybridized carbons (Fsp3) is 0.400. The number of hydrogen-bond donors (Lipinski definition) is 2. The summed E-state index contributed by atoms with van der Waals surface area (Å²) in [7, 11) is -3.48. The van der Waals surface area contributed by atoms with E-state index in [4.69, 9.17) is 0 Å². The molecule has 0 unspecified atom stereocenters. The van der Waals surface area contributed by atoms with Gasteiger partial charge in [0.1, 0.15) is 4.21 Å². The number of nitrogens with one attached hydrogen (secondary N) is 2. The lowest BCUT2D eigenvalue weighted by Gasteiger charge is -2.25. The number of rotatable bonds is 6. The molecule has 1 aromatic heterocycles. The summed E-state index contributed by atoms with van der Waals surface area (Å²) in [5.74, 6) is -0.234. The molecule has 8 nitrogen and oxygen atoms in total. The maximum Gasteiger partial charge on any atom is 0.321 e. The van der Waals surface area contributed by atoms with Gasteiger partial charge >= 0.3 is 6.03 Å². The number of nitrogens with zero attached hydrogens (tertiary/aromatic N) is 2. The second kappa shape index (κ2) is 8.75. The van der Waals surface area contributed by atoms with Crippen LogP contribution in [0, 0.1) is 0 Å². The number of amides is 3. The van der Waals surface area contributed by atoms with Crippen LogP contribution in [0.3, 0.4) is 0 Å². The zero-order chi connectivity index (χ0) is 21.1. The van der Waals surface area contributed by atoms with Crippen molar-refractivity contribution in [1.29, 1.82) is 0 Å². The zero-order valence-electron chi connectivity index (χ0n) is 16.5. The highest BCUT2D eigenvalue weighted by molar-refractivity contribution is 7.91. The summed E-state index contributed by atoms with van der Waals surface area (Å²) < 4.78 is 27.4. The Morgan fingerprint density at radius 3 is 2.63 bits per heavy atom. The van der Waals surface area contributed by atoms with E-state index in [9.17, 15) is 18.0 Å². The maximum atomic E-state index is 12.8. The SMILES string of the molecule is O=C(Cc1ccc(S(=O)(=O)N2CCCCC2)s1)Nc1cccc(N2CCNC2=O)c1. The summed E-state index contributed by atoms with van der Waals surface area (Å²) in [6.45, 7) is 2.29. The Labute approximate surface area is 179 Å². The first-order valence-corrected chi connectivity index (χ1v) is 12.2. The van der Waals surface area contributed by atoms with E-state index in [-0.39, 0.29) is 22.6 Å². The number of sulfonamides is 1. The number of hydrogen-bond acceptors (Lipinski definition) is 5. The molecule has 0 spiro atoms. The van der Waals surface area contributed by atoms with Gasteiger partial charge in [-0.25, -0.2) is 13.2 Å². The normalized spacial score (nSPS) is 17.7. The Hall–Kier alpha value is -2.43. The Bertz CT molecular complexity index is 1040. The monoisotopic (exact) mass is 448 g/mol. The van der Waals surface area contributed by atoms with E-state index in [0.717, 1.165) is 30.6 Å². The smallest absolute Gasteiger partial charge is 0.321 e. The molecule has 2 saturated heterocycles. The lowest BCUT2D eigenvalue weighted by molar-refractivity contribution is -0.115. The molecule has 0 saturated carbocycles. The molecule has 2 N–H and O–H groups in total. The van der Waals surface area contributed by atoms with Gasteiger partial charge in [-0.05, 0) is 43.2 Å². The van der Waals surface area contributed by atoms with Crippen LogP contribution < -0.4 is 15.5 Å². The lowest BCUT2D eigenvalue weighted by Crippen LogP contribution is -2.35. The lowest BCUT2D eigenvalue weighted by atomic mass is 10.2. The van der Waals surface area contributed by atoms with Crippen molar-refractivity contribution in [3.8, 4) is 0 Å². The molecule has 160 valence electrons. The van der Waals surface area contributed by atoms with Crippen molar-refractivity contribution in [2.75, 3.05) is 36.4 Å². The van der Waals surface area contributed by atoms with Crippen molar-refractivity contribution in [3.05, 3.63) is 41.3 Å². The third-order valence-corrected chi connectivity index (χ3v) is 8.63. The van der Waals surface area contributed by atoms with Crippen molar-refractivity contribution in [1.82, 2.24) is 9.62 Å². The molecule has 2 aliphatic heterocycles. The number of piperidine rings is 1. The highest BCUT2D eigenvalue weighted by Crippen LogP contribution is 2.28. The van der Waals surface area contributed by atoms with Crippen LogP contribution in [0.2, 0.25) is 0 Å². The van der Waals surface area contributed by atoms with Gasteiger partial charge in [-0.1, -0.05) is 12.5 Å². The molecule has 0 radical (unpaired) electrons. The van der Waals surface area contributed by atoms with Crippen molar-refractivity contribution in [2.24, 2.45) is 0 Å². The highest BCUT2D eigenvalue weighted by Gasteiger charge is 2.27. The molecule has 2 aliphatic rings. The molecule has 3 heterocycles. The molecule has 0 atom stereocenters. The van der Waals surface area contributed by atoms with Gasteiger partial charge in [0.15, 0.2) is 0 Å². The second-order valence-electron chi connectivity index (χ2n) is 7.34. The molecule has 0 aliphatic carbocycles. The van der Waals surface area contributed by atoms with Crippen LogP contribution >= 0.6 is 11.3 Å². The third kappa shape index (κ3) is 4.50. The average Bonchev–Trinajstić information content (AvgIpc) is 3.38. The first kappa shape index (κ1) is 20.8. The summed E-state index contributed by atoms with van der Waals surface area (Å²) in [4.78, 5) is 26.6. The van der Waals surface area contributed by atoms with Crippen LogP contribution in [-0.4, -0.2) is 50.8 Å². The second-order valence-corrected chi connectivity index (χ2v) is 10.7. The van der Waals surface area contributed by atoms with E-state index in [1.807, 2.05) is 6.07 Å². The molecular formula is C20H24N4O4S2. The highest BCUT2D eigenvalue weighted by atomic mass is 32.2. The Morgan fingerprint density at radius 2 is 1.90 bits per heavy atom. The number of carbonyl (C=O) groups excluding carboxylic acids is 2. The standard InChI is InChI=1S/C20H24N4O4S2/c25-18(22-15-5-4-6-16(13-15)24-12-9-21-20(24)26)14-17-7-8-19(29-17)30(27,28)23-10-2-1-3-11-23/h4-8,13H,1-3,9-12,14H2,(H,21,26)(H,22,25). The Morgan fingerprint density at radius 1 is 1.10 bits per heavy atom. The van der Waals surface area contributed by atoms with Crippen molar-refractivity contribution < 1.29 is 18.0 Å². The van der Waals surface area contributed by atoms with Gasteiger partial charge in [0.2, 0.25) is 5.91 Å². The van der Waals surface area contributed by atoms with Crippen molar-refractivity contribution in [2.45, 2.75) is 29.9 Å². The molecule has 3 amide bonds. The third-order valence-electron chi connectivity index (χ3n) is 5.18. The van der Waals surface area contributed by atoms with Gasteiger partial charge in [0.25, 0.3) is 10.0 Å². The summed E-state index contributed by atoms with van der Waals surface area (Å²) in [6.07, 6.45) is 2.93. The maximum absolute atomic E-state index is 12.8. The Kier molecular flexibility index (Phi) is 6.07. The van der Waals surface area contributed by atoms with Gasteiger partial charge in [-0.15, -0.1) is 11.3 Å². The molecule has 2 fully saturated rings. The van der Waals surface area contributed by atoms with Crippen LogP contribution in [0.1, 0.15) is 24.1 Å². The van der Waals surface area contributed by atoms with Gasteiger partial charge < -0.3 is 10.6 Å². The summed E-state index contributed by atoms with van der Waals surface area (Å²) in [5.41, 5.74) is 1.31. The number of carbonyl (C=O) groups is 2. The van der Waals surface area contributed by atoms with Gasteiger partial charge in [-0.2, -0.15) is 4.31 Å². The minimum atomic E-state index is -3.48. The van der Waals surface area contributed by atoms with Crippen molar-refractivity contribution in [3.63, 3.8) is 0 Å². The Balaban J connectivity index is 1.40. The van der Waals surface area contributed by atoms with Crippen LogP contribution in [0.5, 0.6) is 0 Å². The van der Waals surface area contributed by atoms with Crippen molar-refractivity contribution >= 4 is 44.7 Å². The molecule has 2 aromatic rings. The number of thiophene rings is 1. The van der Waals surface area contributed by atoms with E-state index in [0.29, 0.717) is 42.4 Å². The van der Waals surface area contributed by atoms with Gasteiger partial charge in [0, 0.05) is 42.4 Å². The van der Waals surface area contributed by atoms with Crippen LogP contribution in [-0.2, 0) is 21.2 Å². The minimum absolute atomic E-state index is 0.0919. The zero-order valence-corrected chi connectivity index (χ0v) is 18.1. The van der Waals surface area contributed by atoms with E-state index in [1.54, 1.807) is 35.2 Å². The summed E-state index contributed by atoms with van der Waals surface area (Å²) in [5, 5.41) is 5.58. The topological polar surface area (TPSA) is 98.8 Å². The first-order chi connectivity index (χ1) is 14.4. The van der Waals surface area contributed by atoms with E-state index in [2.05, 4.69) is 10.6 Å². The fourth-order valence-corrected chi connectivity index (χ4v) is 6.68. The van der Waals surface area contributed by atoms with Gasteiger partial charge in [0.05, 0.1) is 6.42 Å². The van der Waals surface area contributed by atoms with Crippen LogP contribution in [0.4, 0.5) is 16.2 Å². The summed E-state index contributed by atoms with van der Waals surface area (Å²) >= 11 is 1.14. The molecule has 10 heteroatoms. The molecule has 0 bridgehead atoms. The predicted molar refractivity (Wildman–Crippen MR) is 116 cm³/mol. The molecule has 4 rings (SSSR count). The molecule has 30 heavy (non-hydrogen) atoms. The fourth-order valence-electron chi connectivity index (χ4n) is 3.66. The number of anilines is 2. The quantitative estimate of drug-likeness (QED) is 0.710. The largest absolute Gasteiger partial charge is 0.336 e. The summed E-state index contributed by atoms with van der Waals surface area (Å²) in [6, 6.07) is 10.2. The van der Waals surface area contributed by atoms with E-state index < -0.39 is 10.0 Å². The number of benzene rings is 1. The first-order valence-electron chi connectivity index (χ1n) is 9.98. The molecule has 1 aromatic carbocycles. The minimum Gasteiger partial charge on any atom is -0.336 e. The molecular weight excluding hydrogens is 424 g/mol. The average molecular weight is 449 g/mol.